The monoisotopic (exact) mass is 143 g/mol. The van der Waals surface area contributed by atoms with Gasteiger partial charge in [-0.25, -0.2) is 0 Å². The molecule has 1 saturated carbocycles. The second-order valence-corrected chi connectivity index (χ2v) is 3.41. The summed E-state index contributed by atoms with van der Waals surface area (Å²) in [4.78, 5) is 0. The summed E-state index contributed by atoms with van der Waals surface area (Å²) in [5, 5.41) is 12.3. The quantitative estimate of drug-likeness (QED) is 0.609. The number of aliphatic hydroxyl groups is 1. The first kappa shape index (κ1) is 8.02. The molecule has 3 unspecified atom stereocenters. The third-order valence-corrected chi connectivity index (χ3v) is 2.08. The summed E-state index contributed by atoms with van der Waals surface area (Å²) in [7, 11) is 0. The zero-order chi connectivity index (χ0) is 7.56. The molecule has 0 aliphatic heterocycles. The fourth-order valence-electron chi connectivity index (χ4n) is 1.08. The van der Waals surface area contributed by atoms with Gasteiger partial charge in [0.1, 0.15) is 0 Å². The van der Waals surface area contributed by atoms with Crippen LogP contribution in [-0.4, -0.2) is 23.8 Å². The molecule has 2 nitrogen and oxygen atoms in total. The first-order valence-corrected chi connectivity index (χ1v) is 4.11. The van der Waals surface area contributed by atoms with Crippen LogP contribution < -0.4 is 5.32 Å². The molecule has 2 N–H and O–H groups in total. The predicted octanol–water partition coefficient (Wildman–Crippen LogP) is 0.755. The van der Waals surface area contributed by atoms with E-state index in [0.717, 1.165) is 24.9 Å². The van der Waals surface area contributed by atoms with Gasteiger partial charge in [0.2, 0.25) is 0 Å². The summed E-state index contributed by atoms with van der Waals surface area (Å²) in [6, 6.07) is 0.749. The Bertz CT molecular complexity index is 103. The van der Waals surface area contributed by atoms with Crippen LogP contribution in [0, 0.1) is 5.92 Å². The minimum absolute atomic E-state index is 0.151. The Hall–Kier alpha value is -0.0800. The molecule has 0 amide bonds. The highest BCUT2D eigenvalue weighted by Crippen LogP contribution is 2.28. The highest BCUT2D eigenvalue weighted by atomic mass is 16.3. The van der Waals surface area contributed by atoms with Gasteiger partial charge < -0.3 is 10.4 Å². The van der Waals surface area contributed by atoms with Crippen molar-refractivity contribution in [2.75, 3.05) is 6.54 Å². The van der Waals surface area contributed by atoms with Gasteiger partial charge >= 0.3 is 0 Å². The second kappa shape index (κ2) is 3.35. The summed E-state index contributed by atoms with van der Waals surface area (Å²) in [6.45, 7) is 5.05. The number of rotatable bonds is 4. The minimum atomic E-state index is -0.151. The molecule has 1 aliphatic carbocycles. The van der Waals surface area contributed by atoms with E-state index in [2.05, 4.69) is 12.2 Å². The molecule has 0 heterocycles. The lowest BCUT2D eigenvalue weighted by molar-refractivity contribution is 0.183. The highest BCUT2D eigenvalue weighted by Gasteiger charge is 2.31. The molecule has 1 rings (SSSR count). The minimum Gasteiger partial charge on any atom is -0.393 e. The average molecular weight is 143 g/mol. The molecule has 0 spiro atoms. The average Bonchev–Trinajstić information content (AvgIpc) is 2.46. The third-order valence-electron chi connectivity index (χ3n) is 2.08. The zero-order valence-corrected chi connectivity index (χ0v) is 6.80. The maximum absolute atomic E-state index is 8.91. The first-order chi connectivity index (χ1) is 4.70. The third kappa shape index (κ3) is 2.67. The predicted molar refractivity (Wildman–Crippen MR) is 41.9 cm³/mol. The van der Waals surface area contributed by atoms with Crippen molar-refractivity contribution in [1.82, 2.24) is 5.32 Å². The Morgan fingerprint density at radius 3 is 2.70 bits per heavy atom. The van der Waals surface area contributed by atoms with E-state index in [1.165, 1.54) is 6.42 Å². The van der Waals surface area contributed by atoms with Crippen molar-refractivity contribution < 1.29 is 5.11 Å². The Balaban J connectivity index is 1.87. The van der Waals surface area contributed by atoms with Gasteiger partial charge in [-0.15, -0.1) is 0 Å². The Morgan fingerprint density at radius 2 is 2.30 bits per heavy atom. The number of hydrogen-bond acceptors (Lipinski definition) is 2. The van der Waals surface area contributed by atoms with Crippen molar-refractivity contribution in [2.45, 2.75) is 38.8 Å². The molecule has 0 saturated heterocycles. The van der Waals surface area contributed by atoms with E-state index in [-0.39, 0.29) is 6.10 Å². The molecule has 3 atom stereocenters. The number of nitrogens with one attached hydrogen (secondary N) is 1. The van der Waals surface area contributed by atoms with E-state index >= 15 is 0 Å². The van der Waals surface area contributed by atoms with E-state index in [4.69, 9.17) is 5.11 Å². The van der Waals surface area contributed by atoms with Crippen molar-refractivity contribution in [3.63, 3.8) is 0 Å². The smallest absolute Gasteiger partial charge is 0.0524 e. The highest BCUT2D eigenvalue weighted by molar-refractivity contribution is 4.89. The van der Waals surface area contributed by atoms with Gasteiger partial charge in [0.15, 0.2) is 0 Å². The molecular formula is C8H17NO. The lowest BCUT2D eigenvalue weighted by atomic mass is 10.3. The fourth-order valence-corrected chi connectivity index (χ4v) is 1.08. The molecule has 0 aromatic heterocycles. The van der Waals surface area contributed by atoms with Gasteiger partial charge in [-0.3, -0.25) is 0 Å². The first-order valence-electron chi connectivity index (χ1n) is 4.11. The van der Waals surface area contributed by atoms with Crippen LogP contribution in [0.3, 0.4) is 0 Å². The standard InChI is InChI=1S/C8H17NO/c1-6-5-8(6)9-4-3-7(2)10/h6-10H,3-5H2,1-2H3. The van der Waals surface area contributed by atoms with Crippen LogP contribution >= 0.6 is 0 Å². The molecule has 1 aliphatic rings. The van der Waals surface area contributed by atoms with Crippen LogP contribution in [0.25, 0.3) is 0 Å². The van der Waals surface area contributed by atoms with Crippen LogP contribution in [0.2, 0.25) is 0 Å². The van der Waals surface area contributed by atoms with Crippen LogP contribution in [0.4, 0.5) is 0 Å². The van der Waals surface area contributed by atoms with Gasteiger partial charge in [0, 0.05) is 6.04 Å². The van der Waals surface area contributed by atoms with Crippen LogP contribution in [0.1, 0.15) is 26.7 Å². The molecule has 0 radical (unpaired) electrons. The molecule has 0 aromatic rings. The topological polar surface area (TPSA) is 32.3 Å². The second-order valence-electron chi connectivity index (χ2n) is 3.41. The van der Waals surface area contributed by atoms with E-state index < -0.39 is 0 Å². The molecule has 10 heavy (non-hydrogen) atoms. The van der Waals surface area contributed by atoms with Crippen LogP contribution in [0.15, 0.2) is 0 Å². The maximum atomic E-state index is 8.91. The molecule has 60 valence electrons. The molecule has 0 bridgehead atoms. The van der Waals surface area contributed by atoms with E-state index in [9.17, 15) is 0 Å². The summed E-state index contributed by atoms with van der Waals surface area (Å²) < 4.78 is 0. The maximum Gasteiger partial charge on any atom is 0.0524 e. The zero-order valence-electron chi connectivity index (χ0n) is 6.80. The Morgan fingerprint density at radius 1 is 1.70 bits per heavy atom. The molecular weight excluding hydrogens is 126 g/mol. The largest absolute Gasteiger partial charge is 0.393 e. The van der Waals surface area contributed by atoms with Crippen molar-refractivity contribution in [3.8, 4) is 0 Å². The van der Waals surface area contributed by atoms with Gasteiger partial charge in [-0.1, -0.05) is 6.92 Å². The van der Waals surface area contributed by atoms with Crippen molar-refractivity contribution >= 4 is 0 Å². The molecule has 0 aromatic carbocycles. The normalized spacial score (nSPS) is 33.9. The van der Waals surface area contributed by atoms with E-state index in [0.29, 0.717) is 0 Å². The summed E-state index contributed by atoms with van der Waals surface area (Å²) >= 11 is 0. The fraction of sp³-hybridized carbons (Fsp3) is 1.00. The summed E-state index contributed by atoms with van der Waals surface area (Å²) in [5.41, 5.74) is 0. The Kier molecular flexibility index (Phi) is 2.69. The van der Waals surface area contributed by atoms with Crippen molar-refractivity contribution in [1.29, 1.82) is 0 Å². The van der Waals surface area contributed by atoms with Crippen LogP contribution in [-0.2, 0) is 0 Å². The van der Waals surface area contributed by atoms with Crippen molar-refractivity contribution in [2.24, 2.45) is 5.92 Å². The van der Waals surface area contributed by atoms with Crippen molar-refractivity contribution in [3.05, 3.63) is 0 Å². The summed E-state index contributed by atoms with van der Waals surface area (Å²) in [6.07, 6.45) is 2.05. The van der Waals surface area contributed by atoms with E-state index in [1.807, 2.05) is 6.92 Å². The van der Waals surface area contributed by atoms with E-state index in [1.54, 1.807) is 0 Å². The number of hydrogen-bond donors (Lipinski definition) is 2. The van der Waals surface area contributed by atoms with Gasteiger partial charge in [-0.05, 0) is 32.2 Å². The lowest BCUT2D eigenvalue weighted by Gasteiger charge is -2.04. The van der Waals surface area contributed by atoms with Gasteiger partial charge in [0.25, 0.3) is 0 Å². The number of aliphatic hydroxyl groups excluding tert-OH is 1. The Labute approximate surface area is 62.6 Å². The lowest BCUT2D eigenvalue weighted by Crippen LogP contribution is -2.22. The SMILES string of the molecule is CC(O)CCNC1CC1C. The summed E-state index contributed by atoms with van der Waals surface area (Å²) in [5.74, 6) is 0.869. The van der Waals surface area contributed by atoms with Gasteiger partial charge in [0.05, 0.1) is 6.10 Å². The van der Waals surface area contributed by atoms with Gasteiger partial charge in [-0.2, -0.15) is 0 Å². The molecule has 1 fully saturated rings. The van der Waals surface area contributed by atoms with Crippen LogP contribution in [0.5, 0.6) is 0 Å². The molecule has 2 heteroatoms.